The minimum absolute atomic E-state index is 0.0176. The van der Waals surface area contributed by atoms with Crippen LogP contribution in [0.1, 0.15) is 60.6 Å². The van der Waals surface area contributed by atoms with E-state index in [0.717, 1.165) is 0 Å². The summed E-state index contributed by atoms with van der Waals surface area (Å²) in [5.74, 6) is 0. The van der Waals surface area contributed by atoms with E-state index in [-0.39, 0.29) is 22.3 Å². The van der Waals surface area contributed by atoms with Crippen molar-refractivity contribution >= 4 is 43.5 Å². The minimum Gasteiger partial charge on any atom is -0.456 e. The Morgan fingerprint density at radius 3 is 1.62 bits per heavy atom. The molecule has 0 saturated carbocycles. The SMILES string of the molecule is [2H]c1c([2H])c([2H])c2c(c1[2H])-c1c([2H])c([2H])c(-c3c4c([2H])c([2H])c([2H])c([2H])c4c(-c4c([2H])c([2H])c(-c5c([2H])c([2H])c([2H])c6oc7c([2H])c([2H])c([2H])c([2H])c7c56)c([2H])c4[2H])c4c([2H])c([2H])c([2H])c([2H])c34)c([2H])c1C2(C)C. The molecule has 8 aromatic carbocycles. The van der Waals surface area contributed by atoms with Gasteiger partial charge in [0.05, 0.1) is 35.6 Å². The van der Waals surface area contributed by atoms with Crippen LogP contribution in [-0.4, -0.2) is 0 Å². The second-order valence-electron chi connectivity index (χ2n) is 11.6. The van der Waals surface area contributed by atoms with Gasteiger partial charge in [0.2, 0.25) is 0 Å². The maximum Gasteiger partial charge on any atom is 0.136 e. The molecule has 0 N–H and O–H groups in total. The standard InChI is InChI=1S/C47H32O/c1-47(2)40-19-9-7-12-33(40)34-27-26-31(28-41(34)47)45-37-15-5-3-13-35(37)44(36-14-4-6-16-38(36)45)30-24-22-29(23-25-30)32-18-11-21-43-46(32)39-17-8-10-20-42(39)48-43/h3-28H,1-2H3/i3D,4D,5D,6D,7D,8D,9D,10D,11D,12D,13D,14D,15D,16D,17D,18D,19D,20D,21D,22D,23D,24D,25D,26D,27D,28D. The lowest BCUT2D eigenvalue weighted by Gasteiger charge is -2.23. The van der Waals surface area contributed by atoms with Crippen LogP contribution < -0.4 is 0 Å². The normalized spacial score (nSPS) is 21.0. The molecule has 0 radical (unpaired) electrons. The minimum atomic E-state index is -1.54. The molecule has 1 nitrogen and oxygen atoms in total. The van der Waals surface area contributed by atoms with Crippen LogP contribution in [0.5, 0.6) is 0 Å². The Balaban J connectivity index is 1.43. The van der Waals surface area contributed by atoms with Gasteiger partial charge in [-0.05, 0) is 95.3 Å². The van der Waals surface area contributed by atoms with Gasteiger partial charge in [0, 0.05) is 16.2 Å². The fourth-order valence-corrected chi connectivity index (χ4v) is 6.52. The van der Waals surface area contributed by atoms with E-state index in [9.17, 15) is 15.1 Å². The molecule has 1 aromatic heterocycles. The van der Waals surface area contributed by atoms with Crippen molar-refractivity contribution in [2.75, 3.05) is 0 Å². The van der Waals surface area contributed by atoms with Crippen LogP contribution in [0.4, 0.5) is 0 Å². The molecule has 0 bridgehead atoms. The summed E-state index contributed by atoms with van der Waals surface area (Å²) in [5.41, 5.74) is -7.20. The van der Waals surface area contributed by atoms with Crippen molar-refractivity contribution in [3.63, 3.8) is 0 Å². The fourth-order valence-electron chi connectivity index (χ4n) is 6.52. The van der Waals surface area contributed by atoms with E-state index in [4.69, 9.17) is 25.0 Å². The fraction of sp³-hybridized carbons (Fsp3) is 0.0638. The van der Waals surface area contributed by atoms with E-state index in [1.54, 1.807) is 0 Å². The van der Waals surface area contributed by atoms with E-state index >= 15 is 0 Å². The average molecular weight is 639 g/mol. The first-order valence-electron chi connectivity index (χ1n) is 27.7. The highest BCUT2D eigenvalue weighted by molar-refractivity contribution is 6.21. The number of furan rings is 1. The van der Waals surface area contributed by atoms with Crippen LogP contribution in [-0.2, 0) is 5.41 Å². The van der Waals surface area contributed by atoms with E-state index < -0.39 is 239 Å². The second-order valence-corrected chi connectivity index (χ2v) is 11.6. The van der Waals surface area contributed by atoms with E-state index in [0.29, 0.717) is 0 Å². The van der Waals surface area contributed by atoms with Crippen molar-refractivity contribution in [1.29, 1.82) is 0 Å². The molecule has 9 aromatic rings. The molecule has 1 aliphatic carbocycles. The van der Waals surface area contributed by atoms with Crippen LogP contribution in [0.15, 0.2) is 162 Å². The summed E-state index contributed by atoms with van der Waals surface area (Å²) < 4.78 is 241. The molecule has 10 rings (SSSR count). The van der Waals surface area contributed by atoms with Gasteiger partial charge in [0.15, 0.2) is 0 Å². The van der Waals surface area contributed by atoms with Gasteiger partial charge >= 0.3 is 0 Å². The molecule has 0 amide bonds. The highest BCUT2D eigenvalue weighted by Crippen LogP contribution is 2.51. The molecule has 1 aliphatic rings. The Hall–Kier alpha value is -5.92. The topological polar surface area (TPSA) is 13.1 Å². The van der Waals surface area contributed by atoms with Gasteiger partial charge in [-0.1, -0.05) is 153 Å². The third kappa shape index (κ3) is 3.79. The van der Waals surface area contributed by atoms with E-state index in [1.807, 2.05) is 0 Å². The van der Waals surface area contributed by atoms with Crippen LogP contribution in [0.2, 0.25) is 0 Å². The Bertz CT molecular complexity index is 4120. The average Bonchev–Trinajstić information content (AvgIpc) is 3.88. The third-order valence-corrected chi connectivity index (χ3v) is 8.70. The van der Waals surface area contributed by atoms with Gasteiger partial charge in [-0.3, -0.25) is 0 Å². The number of para-hydroxylation sites is 1. The molecular formula is C47H32O. The number of hydrogen-bond acceptors (Lipinski definition) is 1. The van der Waals surface area contributed by atoms with Crippen molar-refractivity contribution in [3.05, 3.63) is 168 Å². The predicted molar refractivity (Wildman–Crippen MR) is 203 cm³/mol. The zero-order chi connectivity index (χ0) is 54.6. The summed E-state index contributed by atoms with van der Waals surface area (Å²) in [5, 5.41) is -3.51. The Labute approximate surface area is 316 Å². The van der Waals surface area contributed by atoms with Crippen LogP contribution in [0.3, 0.4) is 0 Å². The Morgan fingerprint density at radius 2 is 0.917 bits per heavy atom. The van der Waals surface area contributed by atoms with Crippen molar-refractivity contribution in [2.45, 2.75) is 19.3 Å². The predicted octanol–water partition coefficient (Wildman–Crippen LogP) is 13.2. The molecule has 48 heavy (non-hydrogen) atoms. The molecule has 0 fully saturated rings. The van der Waals surface area contributed by atoms with Crippen molar-refractivity contribution < 1.29 is 40.1 Å². The van der Waals surface area contributed by atoms with Crippen molar-refractivity contribution in [3.8, 4) is 44.5 Å². The molecular weight excluding hydrogens is 581 g/mol. The molecule has 0 spiro atoms. The Kier molecular flexibility index (Phi) is 2.50. The Morgan fingerprint density at radius 1 is 0.417 bits per heavy atom. The maximum absolute atomic E-state index is 9.91. The summed E-state index contributed by atoms with van der Waals surface area (Å²) in [6, 6.07) is -21.6. The van der Waals surface area contributed by atoms with Crippen LogP contribution in [0, 0.1) is 0 Å². The monoisotopic (exact) mass is 638 g/mol. The van der Waals surface area contributed by atoms with Gasteiger partial charge in [0.1, 0.15) is 11.2 Å². The maximum atomic E-state index is 9.91. The molecule has 0 unspecified atom stereocenters. The smallest absolute Gasteiger partial charge is 0.136 e. The molecule has 1 heterocycles. The second kappa shape index (κ2) is 10.0. The highest BCUT2D eigenvalue weighted by Gasteiger charge is 2.35. The molecule has 0 atom stereocenters. The van der Waals surface area contributed by atoms with Crippen molar-refractivity contribution in [1.82, 2.24) is 0 Å². The van der Waals surface area contributed by atoms with E-state index in [2.05, 4.69) is 0 Å². The first-order valence-corrected chi connectivity index (χ1v) is 14.7. The summed E-state index contributed by atoms with van der Waals surface area (Å²) in [7, 11) is 0. The lowest BCUT2D eigenvalue weighted by Crippen LogP contribution is -2.14. The molecule has 0 saturated heterocycles. The molecule has 226 valence electrons. The number of rotatable bonds is 3. The molecule has 1 heteroatoms. The highest BCUT2D eigenvalue weighted by atomic mass is 16.3. The van der Waals surface area contributed by atoms with Crippen LogP contribution >= 0.6 is 0 Å². The van der Waals surface area contributed by atoms with Crippen molar-refractivity contribution in [2.24, 2.45) is 0 Å². The molecule has 0 aliphatic heterocycles. The summed E-state index contributed by atoms with van der Waals surface area (Å²) in [6.45, 7) is 3.03. The summed E-state index contributed by atoms with van der Waals surface area (Å²) in [4.78, 5) is 0. The van der Waals surface area contributed by atoms with Gasteiger partial charge in [0.25, 0.3) is 0 Å². The summed E-state index contributed by atoms with van der Waals surface area (Å²) >= 11 is 0. The van der Waals surface area contributed by atoms with Crippen LogP contribution in [0.25, 0.3) is 88.0 Å². The van der Waals surface area contributed by atoms with Gasteiger partial charge in [-0.2, -0.15) is 0 Å². The largest absolute Gasteiger partial charge is 0.456 e. The quantitative estimate of drug-likeness (QED) is 0.176. The third-order valence-electron chi connectivity index (χ3n) is 8.70. The lowest BCUT2D eigenvalue weighted by atomic mass is 9.80. The van der Waals surface area contributed by atoms with Gasteiger partial charge in [-0.25, -0.2) is 0 Å². The number of benzene rings is 8. The summed E-state index contributed by atoms with van der Waals surface area (Å²) in [6.07, 6.45) is 0. The zero-order valence-corrected chi connectivity index (χ0v) is 24.9. The lowest BCUT2D eigenvalue weighted by molar-refractivity contribution is 0.660. The number of hydrogen-bond donors (Lipinski definition) is 0. The first kappa shape index (κ1) is 12.0. The van der Waals surface area contributed by atoms with E-state index in [1.165, 1.54) is 13.8 Å². The van der Waals surface area contributed by atoms with Gasteiger partial charge < -0.3 is 4.42 Å². The van der Waals surface area contributed by atoms with Gasteiger partial charge in [-0.15, -0.1) is 0 Å². The zero-order valence-electron chi connectivity index (χ0n) is 50.9. The number of fused-ring (bicyclic) bond motifs is 8. The first-order chi connectivity index (χ1) is 34.4.